The summed E-state index contributed by atoms with van der Waals surface area (Å²) in [5.74, 6) is 0.251. The number of aliphatic hydroxyl groups is 1. The summed E-state index contributed by atoms with van der Waals surface area (Å²) in [5.41, 5.74) is 0.0877. The zero-order valence-corrected chi connectivity index (χ0v) is 10.3. The number of fused-ring (bicyclic) bond motifs is 1. The summed E-state index contributed by atoms with van der Waals surface area (Å²) >= 11 is 1.51. The lowest BCUT2D eigenvalue weighted by molar-refractivity contribution is 0.124. The van der Waals surface area contributed by atoms with Gasteiger partial charge in [-0.3, -0.25) is 8.75 Å². The maximum absolute atomic E-state index is 12.1. The topological polar surface area (TPSA) is 42.2 Å². The summed E-state index contributed by atoms with van der Waals surface area (Å²) in [5, 5.41) is 10.6. The van der Waals surface area contributed by atoms with Crippen molar-refractivity contribution < 1.29 is 5.11 Å². The van der Waals surface area contributed by atoms with Crippen LogP contribution in [0, 0.1) is 5.92 Å². The maximum Gasteiger partial charge on any atom is 0.268 e. The van der Waals surface area contributed by atoms with Gasteiger partial charge < -0.3 is 5.11 Å². The van der Waals surface area contributed by atoms with E-state index in [9.17, 15) is 9.90 Å². The van der Waals surface area contributed by atoms with E-state index in [4.69, 9.17) is 0 Å². The first-order valence-corrected chi connectivity index (χ1v) is 6.80. The van der Waals surface area contributed by atoms with E-state index in [0.29, 0.717) is 6.54 Å². The monoisotopic (exact) mass is 249 g/mol. The molecule has 1 fully saturated rings. The Labute approximate surface area is 103 Å². The minimum absolute atomic E-state index is 0.0877. The number of hydrogen-bond acceptors (Lipinski definition) is 3. The number of aliphatic hydroxyl groups excluding tert-OH is 1. The first-order valence-electron chi connectivity index (χ1n) is 6.02. The molecule has 1 aliphatic rings. The molecule has 1 aliphatic carbocycles. The van der Waals surface area contributed by atoms with Crippen LogP contribution in [-0.2, 0) is 6.54 Å². The third-order valence-electron chi connectivity index (χ3n) is 3.57. The Kier molecular flexibility index (Phi) is 2.76. The Hall–Kier alpha value is -1.13. The molecule has 1 aromatic heterocycles. The predicted molar refractivity (Wildman–Crippen MR) is 69.4 cm³/mol. The molecule has 1 aromatic carbocycles. The maximum atomic E-state index is 12.1. The van der Waals surface area contributed by atoms with Crippen molar-refractivity contribution in [3.8, 4) is 0 Å². The van der Waals surface area contributed by atoms with Crippen LogP contribution in [0.1, 0.15) is 19.3 Å². The van der Waals surface area contributed by atoms with E-state index in [1.165, 1.54) is 11.5 Å². The van der Waals surface area contributed by atoms with Crippen LogP contribution in [0.4, 0.5) is 0 Å². The fraction of sp³-hybridized carbons (Fsp3) is 0.462. The summed E-state index contributed by atoms with van der Waals surface area (Å²) in [6, 6.07) is 7.69. The Balaban J connectivity index is 1.95. The molecule has 2 atom stereocenters. The average molecular weight is 249 g/mol. The van der Waals surface area contributed by atoms with Crippen LogP contribution >= 0.6 is 11.5 Å². The van der Waals surface area contributed by atoms with E-state index in [0.717, 1.165) is 29.3 Å². The molecule has 0 spiro atoms. The first-order chi connectivity index (χ1) is 8.25. The van der Waals surface area contributed by atoms with E-state index in [1.54, 1.807) is 3.96 Å². The lowest BCUT2D eigenvalue weighted by atomic mass is 10.1. The van der Waals surface area contributed by atoms with Gasteiger partial charge in [-0.2, -0.15) is 0 Å². The van der Waals surface area contributed by atoms with Gasteiger partial charge in [0.05, 0.1) is 16.2 Å². The van der Waals surface area contributed by atoms with Gasteiger partial charge in [-0.15, -0.1) is 0 Å². The molecule has 2 unspecified atom stereocenters. The lowest BCUT2D eigenvalue weighted by Crippen LogP contribution is -2.23. The molecule has 3 rings (SSSR count). The SMILES string of the molecule is O=c1c2ccccc2sn1CC1CCCC1O. The van der Waals surface area contributed by atoms with Gasteiger partial charge in [-0.1, -0.05) is 30.1 Å². The van der Waals surface area contributed by atoms with Gasteiger partial charge >= 0.3 is 0 Å². The molecule has 0 amide bonds. The minimum Gasteiger partial charge on any atom is -0.393 e. The van der Waals surface area contributed by atoms with Crippen molar-refractivity contribution in [2.45, 2.75) is 31.9 Å². The highest BCUT2D eigenvalue weighted by Crippen LogP contribution is 2.28. The van der Waals surface area contributed by atoms with E-state index in [1.807, 2.05) is 24.3 Å². The summed E-state index contributed by atoms with van der Waals surface area (Å²) < 4.78 is 2.83. The predicted octanol–water partition coefficient (Wildman–Crippen LogP) is 2.22. The van der Waals surface area contributed by atoms with Gasteiger partial charge in [0.25, 0.3) is 5.56 Å². The van der Waals surface area contributed by atoms with Crippen molar-refractivity contribution in [3.63, 3.8) is 0 Å². The first kappa shape index (κ1) is 11.0. The number of nitrogens with zero attached hydrogens (tertiary/aromatic N) is 1. The molecule has 90 valence electrons. The molecule has 3 nitrogen and oxygen atoms in total. The number of benzene rings is 1. The van der Waals surface area contributed by atoms with Crippen molar-refractivity contribution >= 4 is 21.6 Å². The molecule has 17 heavy (non-hydrogen) atoms. The van der Waals surface area contributed by atoms with E-state index in [-0.39, 0.29) is 17.6 Å². The molecular weight excluding hydrogens is 234 g/mol. The number of rotatable bonds is 2. The largest absolute Gasteiger partial charge is 0.393 e. The van der Waals surface area contributed by atoms with E-state index in [2.05, 4.69) is 0 Å². The highest BCUT2D eigenvalue weighted by atomic mass is 32.1. The molecule has 1 saturated carbocycles. The van der Waals surface area contributed by atoms with Gasteiger partial charge in [0.1, 0.15) is 0 Å². The molecule has 1 N–H and O–H groups in total. The van der Waals surface area contributed by atoms with Gasteiger partial charge in [0.15, 0.2) is 0 Å². The Bertz CT molecular complexity index is 586. The van der Waals surface area contributed by atoms with Crippen molar-refractivity contribution in [1.29, 1.82) is 0 Å². The van der Waals surface area contributed by atoms with Gasteiger partial charge in [0.2, 0.25) is 0 Å². The second-order valence-electron chi connectivity index (χ2n) is 4.71. The smallest absolute Gasteiger partial charge is 0.268 e. The van der Waals surface area contributed by atoms with E-state index >= 15 is 0 Å². The zero-order valence-electron chi connectivity index (χ0n) is 9.50. The van der Waals surface area contributed by atoms with Gasteiger partial charge in [0, 0.05) is 12.5 Å². The van der Waals surface area contributed by atoms with Gasteiger partial charge in [-0.25, -0.2) is 0 Å². The highest BCUT2D eigenvalue weighted by molar-refractivity contribution is 7.13. The van der Waals surface area contributed by atoms with Crippen molar-refractivity contribution in [2.24, 2.45) is 5.92 Å². The molecule has 0 saturated heterocycles. The Morgan fingerprint density at radius 2 is 2.18 bits per heavy atom. The van der Waals surface area contributed by atoms with Gasteiger partial charge in [-0.05, 0) is 25.0 Å². The minimum atomic E-state index is -0.230. The van der Waals surface area contributed by atoms with Crippen molar-refractivity contribution in [2.75, 3.05) is 0 Å². The quantitative estimate of drug-likeness (QED) is 0.886. The second kappa shape index (κ2) is 4.27. The fourth-order valence-electron chi connectivity index (χ4n) is 2.58. The van der Waals surface area contributed by atoms with Crippen LogP contribution in [0.5, 0.6) is 0 Å². The van der Waals surface area contributed by atoms with Crippen LogP contribution in [0.15, 0.2) is 29.1 Å². The normalized spacial score (nSPS) is 24.5. The molecule has 0 aliphatic heterocycles. The van der Waals surface area contributed by atoms with Crippen LogP contribution < -0.4 is 5.56 Å². The zero-order chi connectivity index (χ0) is 11.8. The summed E-state index contributed by atoms with van der Waals surface area (Å²) in [6.45, 7) is 0.666. The van der Waals surface area contributed by atoms with Crippen LogP contribution in [0.2, 0.25) is 0 Å². The second-order valence-corrected chi connectivity index (χ2v) is 5.78. The van der Waals surface area contributed by atoms with Crippen molar-refractivity contribution in [1.82, 2.24) is 3.96 Å². The fourth-order valence-corrected chi connectivity index (χ4v) is 3.66. The summed E-state index contributed by atoms with van der Waals surface area (Å²) in [7, 11) is 0. The van der Waals surface area contributed by atoms with Crippen LogP contribution in [-0.4, -0.2) is 15.2 Å². The van der Waals surface area contributed by atoms with Crippen LogP contribution in [0.25, 0.3) is 10.1 Å². The third-order valence-corrected chi connectivity index (χ3v) is 4.66. The molecule has 1 heterocycles. The van der Waals surface area contributed by atoms with Crippen LogP contribution in [0.3, 0.4) is 0 Å². The lowest BCUT2D eigenvalue weighted by Gasteiger charge is -2.13. The van der Waals surface area contributed by atoms with Crippen molar-refractivity contribution in [3.05, 3.63) is 34.6 Å². The molecule has 0 bridgehead atoms. The molecule has 2 aromatic rings. The third kappa shape index (κ3) is 1.91. The Morgan fingerprint density at radius 1 is 1.35 bits per heavy atom. The molecular formula is C13H15NO2S. The molecule has 4 heteroatoms. The summed E-state index contributed by atoms with van der Waals surface area (Å²) in [4.78, 5) is 12.1. The number of hydrogen-bond donors (Lipinski definition) is 1. The summed E-state index contributed by atoms with van der Waals surface area (Å²) in [6.07, 6.45) is 2.75. The average Bonchev–Trinajstić information content (AvgIpc) is 2.87. The standard InChI is InChI=1S/C13H15NO2S/c15-11-6-3-4-9(11)8-14-13(16)10-5-1-2-7-12(10)17-14/h1-2,5,7,9,11,15H,3-4,6,8H2. The Morgan fingerprint density at radius 3 is 2.88 bits per heavy atom. The molecule has 0 radical (unpaired) electrons. The highest BCUT2D eigenvalue weighted by Gasteiger charge is 2.26. The van der Waals surface area contributed by atoms with E-state index < -0.39 is 0 Å². The number of aromatic nitrogens is 1.